The topological polar surface area (TPSA) is 57.6 Å². The summed E-state index contributed by atoms with van der Waals surface area (Å²) in [5, 5.41) is 14.8. The third-order valence-electron chi connectivity index (χ3n) is 5.82. The highest BCUT2D eigenvalue weighted by Gasteiger charge is 2.48. The van der Waals surface area contributed by atoms with Crippen molar-refractivity contribution in [1.82, 2.24) is 0 Å². The van der Waals surface area contributed by atoms with Gasteiger partial charge in [0.15, 0.2) is 11.6 Å². The molecule has 3 aromatic carbocycles. The molecule has 1 fully saturated rings. The number of aryl methyl sites for hydroxylation is 1. The van der Waals surface area contributed by atoms with Crippen molar-refractivity contribution in [2.45, 2.75) is 13.0 Å². The molecule has 0 bridgehead atoms. The van der Waals surface area contributed by atoms with Crippen LogP contribution < -0.4 is 4.90 Å². The molecule has 1 aliphatic rings. The SMILES string of the molecule is Cc1ccsc1C1/C(=C(\O)c2cccc3ccccc23)C(=O)C(=O)N1c1ccc(F)c(F)c1. The number of fused-ring (bicyclic) bond motifs is 1. The molecule has 1 aliphatic heterocycles. The number of nitrogens with zero attached hydrogens (tertiary/aromatic N) is 1. The first-order valence-corrected chi connectivity index (χ1v) is 11.0. The van der Waals surface area contributed by atoms with E-state index < -0.39 is 29.4 Å². The van der Waals surface area contributed by atoms with Crippen LogP contribution in [0, 0.1) is 18.6 Å². The molecule has 1 aromatic heterocycles. The second-order valence-electron chi connectivity index (χ2n) is 7.76. The average Bonchev–Trinajstić information content (AvgIpc) is 3.35. The van der Waals surface area contributed by atoms with E-state index in [0.717, 1.165) is 33.4 Å². The molecule has 1 atom stereocenters. The highest BCUT2D eigenvalue weighted by molar-refractivity contribution is 7.10. The minimum absolute atomic E-state index is 0.0331. The number of carbonyl (C=O) groups excluding carboxylic acids is 2. The zero-order chi connectivity index (χ0) is 23.3. The van der Waals surface area contributed by atoms with Gasteiger partial charge in [-0.05, 0) is 46.8 Å². The Hall–Kier alpha value is -3.84. The Labute approximate surface area is 192 Å². The minimum atomic E-state index is -1.13. The fourth-order valence-corrected chi connectivity index (χ4v) is 5.25. The molecule has 1 amide bonds. The third-order valence-corrected chi connectivity index (χ3v) is 6.89. The first kappa shape index (κ1) is 21.0. The molecule has 5 rings (SSSR count). The van der Waals surface area contributed by atoms with Crippen molar-refractivity contribution in [2.24, 2.45) is 0 Å². The highest BCUT2D eigenvalue weighted by atomic mass is 32.1. The van der Waals surface area contributed by atoms with E-state index in [-0.39, 0.29) is 17.0 Å². The van der Waals surface area contributed by atoms with Crippen LogP contribution in [0.2, 0.25) is 0 Å². The van der Waals surface area contributed by atoms with Crippen LogP contribution in [-0.4, -0.2) is 16.8 Å². The summed E-state index contributed by atoms with van der Waals surface area (Å²) < 4.78 is 27.6. The number of hydrogen-bond donors (Lipinski definition) is 1. The average molecular weight is 461 g/mol. The van der Waals surface area contributed by atoms with Crippen LogP contribution in [0.15, 0.2) is 77.7 Å². The lowest BCUT2D eigenvalue weighted by Gasteiger charge is -2.25. The third kappa shape index (κ3) is 3.32. The van der Waals surface area contributed by atoms with Crippen LogP contribution >= 0.6 is 11.3 Å². The van der Waals surface area contributed by atoms with Gasteiger partial charge in [0.05, 0.1) is 5.57 Å². The van der Waals surface area contributed by atoms with Gasteiger partial charge in [-0.3, -0.25) is 14.5 Å². The van der Waals surface area contributed by atoms with Gasteiger partial charge in [0, 0.05) is 22.2 Å². The van der Waals surface area contributed by atoms with E-state index in [1.165, 1.54) is 17.4 Å². The molecule has 4 nitrogen and oxygen atoms in total. The van der Waals surface area contributed by atoms with Gasteiger partial charge < -0.3 is 5.11 Å². The fourth-order valence-electron chi connectivity index (χ4n) is 4.22. The number of thiophene rings is 1. The van der Waals surface area contributed by atoms with Crippen molar-refractivity contribution in [3.63, 3.8) is 0 Å². The molecular weight excluding hydrogens is 444 g/mol. The Morgan fingerprint density at radius 3 is 2.45 bits per heavy atom. The summed E-state index contributed by atoms with van der Waals surface area (Å²) >= 11 is 1.32. The van der Waals surface area contributed by atoms with Crippen molar-refractivity contribution < 1.29 is 23.5 Å². The monoisotopic (exact) mass is 461 g/mol. The second-order valence-corrected chi connectivity index (χ2v) is 8.71. The Morgan fingerprint density at radius 2 is 1.73 bits per heavy atom. The van der Waals surface area contributed by atoms with E-state index in [2.05, 4.69) is 0 Å². The molecule has 2 heterocycles. The molecule has 4 aromatic rings. The maximum absolute atomic E-state index is 14.0. The van der Waals surface area contributed by atoms with Gasteiger partial charge in [-0.25, -0.2) is 8.78 Å². The Balaban J connectivity index is 1.78. The number of benzene rings is 3. The first-order valence-electron chi connectivity index (χ1n) is 10.2. The van der Waals surface area contributed by atoms with Crippen LogP contribution in [0.4, 0.5) is 14.5 Å². The lowest BCUT2D eigenvalue weighted by atomic mass is 9.95. The molecule has 0 radical (unpaired) electrons. The number of Topliss-reactive ketones (excluding diaryl/α,β-unsaturated/α-hetero) is 1. The van der Waals surface area contributed by atoms with Crippen LogP contribution in [0.1, 0.15) is 22.0 Å². The number of halogens is 2. The summed E-state index contributed by atoms with van der Waals surface area (Å²) in [5.74, 6) is -4.31. The lowest BCUT2D eigenvalue weighted by Crippen LogP contribution is -2.29. The van der Waals surface area contributed by atoms with E-state index in [0.29, 0.717) is 10.4 Å². The van der Waals surface area contributed by atoms with E-state index in [9.17, 15) is 23.5 Å². The van der Waals surface area contributed by atoms with Gasteiger partial charge in [0.25, 0.3) is 11.7 Å². The number of ketones is 1. The summed E-state index contributed by atoms with van der Waals surface area (Å²) in [4.78, 5) is 28.2. The summed E-state index contributed by atoms with van der Waals surface area (Å²) in [6.07, 6.45) is 0. The quantitative estimate of drug-likeness (QED) is 0.227. The van der Waals surface area contributed by atoms with Crippen molar-refractivity contribution in [2.75, 3.05) is 4.90 Å². The van der Waals surface area contributed by atoms with Gasteiger partial charge in [-0.15, -0.1) is 11.3 Å². The number of rotatable bonds is 3. The van der Waals surface area contributed by atoms with Crippen LogP contribution in [-0.2, 0) is 9.59 Å². The Kier molecular flexibility index (Phi) is 5.06. The van der Waals surface area contributed by atoms with E-state index in [1.807, 2.05) is 48.7 Å². The maximum atomic E-state index is 14.0. The molecule has 1 unspecified atom stereocenters. The summed E-state index contributed by atoms with van der Waals surface area (Å²) in [5.41, 5.74) is 1.16. The molecule has 1 saturated heterocycles. The fraction of sp³-hybridized carbons (Fsp3) is 0.0769. The number of amides is 1. The maximum Gasteiger partial charge on any atom is 0.300 e. The van der Waals surface area contributed by atoms with E-state index in [4.69, 9.17) is 0 Å². The van der Waals surface area contributed by atoms with Crippen molar-refractivity contribution in [3.8, 4) is 0 Å². The van der Waals surface area contributed by atoms with E-state index in [1.54, 1.807) is 12.1 Å². The zero-order valence-electron chi connectivity index (χ0n) is 17.4. The van der Waals surface area contributed by atoms with Crippen molar-refractivity contribution in [1.29, 1.82) is 0 Å². The molecular formula is C26H17F2NO3S. The molecule has 0 spiro atoms. The molecule has 1 N–H and O–H groups in total. The van der Waals surface area contributed by atoms with Gasteiger partial charge in [0.1, 0.15) is 11.8 Å². The number of hydrogen-bond acceptors (Lipinski definition) is 4. The standard InChI is InChI=1S/C26H17F2NO3S/c1-14-11-12-33-25(14)22-21(23(30)18-8-4-6-15-5-2-3-7-17(15)18)24(31)26(32)29(22)16-9-10-19(27)20(28)13-16/h2-13,22,30H,1H3/b23-21+. The van der Waals surface area contributed by atoms with Gasteiger partial charge in [0.2, 0.25) is 0 Å². The van der Waals surface area contributed by atoms with E-state index >= 15 is 0 Å². The van der Waals surface area contributed by atoms with Crippen molar-refractivity contribution >= 4 is 45.2 Å². The predicted molar refractivity (Wildman–Crippen MR) is 124 cm³/mol. The normalized spacial score (nSPS) is 17.8. The zero-order valence-corrected chi connectivity index (χ0v) is 18.2. The number of aliphatic hydroxyl groups is 1. The summed E-state index contributed by atoms with van der Waals surface area (Å²) in [7, 11) is 0. The van der Waals surface area contributed by atoms with Crippen molar-refractivity contribution in [3.05, 3.63) is 105 Å². The van der Waals surface area contributed by atoms with Crippen LogP contribution in [0.25, 0.3) is 16.5 Å². The molecule has 7 heteroatoms. The minimum Gasteiger partial charge on any atom is -0.507 e. The molecule has 33 heavy (non-hydrogen) atoms. The Morgan fingerprint density at radius 1 is 0.970 bits per heavy atom. The number of anilines is 1. The molecule has 0 saturated carbocycles. The summed E-state index contributed by atoms with van der Waals surface area (Å²) in [6, 6.07) is 16.6. The predicted octanol–water partition coefficient (Wildman–Crippen LogP) is 6.11. The van der Waals surface area contributed by atoms with Crippen LogP contribution in [0.5, 0.6) is 0 Å². The van der Waals surface area contributed by atoms with Gasteiger partial charge >= 0.3 is 0 Å². The number of carbonyl (C=O) groups is 2. The molecule has 164 valence electrons. The highest BCUT2D eigenvalue weighted by Crippen LogP contribution is 2.45. The largest absolute Gasteiger partial charge is 0.507 e. The Bertz CT molecular complexity index is 1470. The smallest absolute Gasteiger partial charge is 0.300 e. The van der Waals surface area contributed by atoms with Crippen LogP contribution in [0.3, 0.4) is 0 Å². The second kappa shape index (κ2) is 7.94. The summed E-state index contributed by atoms with van der Waals surface area (Å²) in [6.45, 7) is 1.83. The van der Waals surface area contributed by atoms with Gasteiger partial charge in [-0.2, -0.15) is 0 Å². The molecule has 0 aliphatic carbocycles. The van der Waals surface area contributed by atoms with Gasteiger partial charge in [-0.1, -0.05) is 42.5 Å². The lowest BCUT2D eigenvalue weighted by molar-refractivity contribution is -0.132. The first-order chi connectivity index (χ1) is 15.9. The number of aliphatic hydroxyl groups excluding tert-OH is 1.